The molecule has 2 aliphatic heterocycles. The van der Waals surface area contributed by atoms with Gasteiger partial charge in [-0.2, -0.15) is 5.26 Å². The molecule has 2 aromatic carbocycles. The molecule has 0 aliphatic carbocycles. The highest BCUT2D eigenvalue weighted by Crippen LogP contribution is 2.32. The first-order valence-corrected chi connectivity index (χ1v) is 10.4. The highest BCUT2D eigenvalue weighted by atomic mass is 16.5. The van der Waals surface area contributed by atoms with Gasteiger partial charge >= 0.3 is 0 Å². The molecular formula is C25H29N3O2. The van der Waals surface area contributed by atoms with Crippen molar-refractivity contribution >= 4 is 6.41 Å². The number of nitriles is 1. The van der Waals surface area contributed by atoms with Crippen molar-refractivity contribution in [2.24, 2.45) is 0 Å². The smallest absolute Gasteiger partial charge is 0.210 e. The summed E-state index contributed by atoms with van der Waals surface area (Å²) in [6.07, 6.45) is 2.06. The summed E-state index contributed by atoms with van der Waals surface area (Å²) >= 11 is 0. The van der Waals surface area contributed by atoms with Crippen molar-refractivity contribution in [1.82, 2.24) is 10.2 Å². The molecule has 1 N–H and O–H groups in total. The molecule has 2 saturated heterocycles. The number of carbonyl (C=O) groups excluding carboxylic acids is 1. The van der Waals surface area contributed by atoms with E-state index >= 15 is 0 Å². The molecule has 4 rings (SSSR count). The maximum atomic E-state index is 10.5. The third kappa shape index (κ3) is 5.35. The van der Waals surface area contributed by atoms with Crippen LogP contribution >= 0.6 is 0 Å². The van der Waals surface area contributed by atoms with Crippen LogP contribution in [0.4, 0.5) is 0 Å². The van der Waals surface area contributed by atoms with Crippen molar-refractivity contribution in [2.45, 2.75) is 25.3 Å². The molecule has 30 heavy (non-hydrogen) atoms. The SMILES string of the molecule is C=C(C)[C@H]1COCCN1C=O.N#Cc1ccc(-c2ccccc2C2CCNC2)cc1. The van der Waals surface area contributed by atoms with E-state index in [1.807, 2.05) is 31.2 Å². The van der Waals surface area contributed by atoms with Gasteiger partial charge < -0.3 is 15.0 Å². The Bertz CT molecular complexity index is 895. The number of hydrogen-bond acceptors (Lipinski definition) is 4. The van der Waals surface area contributed by atoms with Crippen molar-refractivity contribution < 1.29 is 9.53 Å². The minimum Gasteiger partial charge on any atom is -0.377 e. The molecular weight excluding hydrogens is 374 g/mol. The van der Waals surface area contributed by atoms with Crippen LogP contribution in [0, 0.1) is 11.3 Å². The number of amides is 1. The van der Waals surface area contributed by atoms with Gasteiger partial charge in [-0.15, -0.1) is 0 Å². The Hall–Kier alpha value is -2.94. The van der Waals surface area contributed by atoms with Gasteiger partial charge in [0.2, 0.25) is 6.41 Å². The fraction of sp³-hybridized carbons (Fsp3) is 0.360. The average molecular weight is 404 g/mol. The lowest BCUT2D eigenvalue weighted by molar-refractivity contribution is -0.124. The number of benzene rings is 2. The first-order valence-electron chi connectivity index (χ1n) is 10.4. The van der Waals surface area contributed by atoms with Gasteiger partial charge in [0, 0.05) is 13.1 Å². The molecule has 0 spiro atoms. The van der Waals surface area contributed by atoms with Gasteiger partial charge in [-0.3, -0.25) is 4.79 Å². The molecule has 0 saturated carbocycles. The number of rotatable bonds is 4. The molecule has 5 heteroatoms. The molecule has 1 amide bonds. The maximum absolute atomic E-state index is 10.5. The second-order valence-corrected chi connectivity index (χ2v) is 7.75. The Labute approximate surface area is 179 Å². The fourth-order valence-corrected chi connectivity index (χ4v) is 3.93. The predicted molar refractivity (Wildman–Crippen MR) is 119 cm³/mol. The van der Waals surface area contributed by atoms with Crippen LogP contribution in [0.3, 0.4) is 0 Å². The Morgan fingerprint density at radius 2 is 2.03 bits per heavy atom. The zero-order valence-corrected chi connectivity index (χ0v) is 17.5. The molecule has 1 unspecified atom stereocenters. The van der Waals surface area contributed by atoms with Gasteiger partial charge in [0.1, 0.15) is 0 Å². The molecule has 0 bridgehead atoms. The number of carbonyl (C=O) groups is 1. The van der Waals surface area contributed by atoms with Gasteiger partial charge in [0.05, 0.1) is 30.9 Å². The number of morpholine rings is 1. The third-order valence-electron chi connectivity index (χ3n) is 5.66. The Morgan fingerprint density at radius 3 is 2.63 bits per heavy atom. The topological polar surface area (TPSA) is 65.4 Å². The lowest BCUT2D eigenvalue weighted by Gasteiger charge is -2.32. The van der Waals surface area contributed by atoms with Gasteiger partial charge in [0.15, 0.2) is 0 Å². The number of nitrogens with zero attached hydrogens (tertiary/aromatic N) is 2. The van der Waals surface area contributed by atoms with Crippen LogP contribution < -0.4 is 5.32 Å². The minimum absolute atomic E-state index is 0.0845. The standard InChI is InChI=1S/C17H16N2.C8H13NO2/c18-11-13-5-7-14(8-6-13)16-3-1-2-4-17(16)15-9-10-19-12-15;1-7(2)8-5-11-4-3-9(8)6-10/h1-8,15,19H,9-10,12H2;6,8H,1,3-5H2,2H3/t;8-/m.1/s1. The van der Waals surface area contributed by atoms with E-state index in [0.717, 1.165) is 25.1 Å². The monoisotopic (exact) mass is 403 g/mol. The van der Waals surface area contributed by atoms with E-state index in [2.05, 4.69) is 42.2 Å². The molecule has 2 aliphatic rings. The van der Waals surface area contributed by atoms with Crippen molar-refractivity contribution in [2.75, 3.05) is 32.8 Å². The molecule has 2 aromatic rings. The van der Waals surface area contributed by atoms with Crippen molar-refractivity contribution in [3.8, 4) is 17.2 Å². The quantitative estimate of drug-likeness (QED) is 0.624. The first kappa shape index (κ1) is 21.8. The minimum atomic E-state index is 0.0845. The summed E-state index contributed by atoms with van der Waals surface area (Å²) in [6, 6.07) is 18.7. The molecule has 0 aromatic heterocycles. The zero-order chi connectivity index (χ0) is 21.3. The molecule has 2 heterocycles. The molecule has 5 nitrogen and oxygen atoms in total. The second kappa shape index (κ2) is 10.7. The second-order valence-electron chi connectivity index (χ2n) is 7.75. The average Bonchev–Trinajstić information content (AvgIpc) is 3.34. The summed E-state index contributed by atoms with van der Waals surface area (Å²) in [5.41, 5.74) is 5.60. The molecule has 156 valence electrons. The van der Waals surface area contributed by atoms with Crippen LogP contribution in [0.5, 0.6) is 0 Å². The normalized spacial score (nSPS) is 20.6. The van der Waals surface area contributed by atoms with E-state index in [0.29, 0.717) is 31.2 Å². The Kier molecular flexibility index (Phi) is 7.78. The van der Waals surface area contributed by atoms with Crippen LogP contribution in [0.2, 0.25) is 0 Å². The summed E-state index contributed by atoms with van der Waals surface area (Å²) in [6.45, 7) is 9.79. The van der Waals surface area contributed by atoms with Crippen LogP contribution in [-0.2, 0) is 9.53 Å². The van der Waals surface area contributed by atoms with E-state index in [4.69, 9.17) is 10.00 Å². The van der Waals surface area contributed by atoms with Crippen molar-refractivity contribution in [3.05, 3.63) is 71.8 Å². The van der Waals surface area contributed by atoms with E-state index in [1.54, 1.807) is 4.90 Å². The fourth-order valence-electron chi connectivity index (χ4n) is 3.93. The lowest BCUT2D eigenvalue weighted by Crippen LogP contribution is -2.44. The summed E-state index contributed by atoms with van der Waals surface area (Å²) in [7, 11) is 0. The van der Waals surface area contributed by atoms with Crippen LogP contribution in [0.1, 0.15) is 30.4 Å². The van der Waals surface area contributed by atoms with Crippen LogP contribution in [-0.4, -0.2) is 50.2 Å². The zero-order valence-electron chi connectivity index (χ0n) is 17.5. The molecule has 2 atom stereocenters. The number of ether oxygens (including phenoxy) is 1. The Balaban J connectivity index is 0.000000199. The first-order chi connectivity index (χ1) is 14.6. The molecule has 0 radical (unpaired) electrons. The van der Waals surface area contributed by atoms with Crippen LogP contribution in [0.15, 0.2) is 60.7 Å². The highest BCUT2D eigenvalue weighted by molar-refractivity contribution is 5.68. The largest absolute Gasteiger partial charge is 0.377 e. The summed E-state index contributed by atoms with van der Waals surface area (Å²) in [4.78, 5) is 12.2. The highest BCUT2D eigenvalue weighted by Gasteiger charge is 2.21. The summed E-state index contributed by atoms with van der Waals surface area (Å²) < 4.78 is 5.21. The summed E-state index contributed by atoms with van der Waals surface area (Å²) in [5.74, 6) is 0.604. The third-order valence-corrected chi connectivity index (χ3v) is 5.66. The van der Waals surface area contributed by atoms with Crippen molar-refractivity contribution in [1.29, 1.82) is 5.26 Å². The lowest BCUT2D eigenvalue weighted by atomic mass is 9.90. The van der Waals surface area contributed by atoms with Gasteiger partial charge in [-0.05, 0) is 54.6 Å². The van der Waals surface area contributed by atoms with E-state index in [1.165, 1.54) is 23.1 Å². The van der Waals surface area contributed by atoms with Crippen LogP contribution in [0.25, 0.3) is 11.1 Å². The summed E-state index contributed by atoms with van der Waals surface area (Å²) in [5, 5.41) is 12.3. The number of nitrogens with one attached hydrogen (secondary N) is 1. The molecule has 2 fully saturated rings. The Morgan fingerprint density at radius 1 is 1.27 bits per heavy atom. The maximum Gasteiger partial charge on any atom is 0.210 e. The van der Waals surface area contributed by atoms with E-state index < -0.39 is 0 Å². The van der Waals surface area contributed by atoms with Gasteiger partial charge in [-0.25, -0.2) is 0 Å². The van der Waals surface area contributed by atoms with E-state index in [9.17, 15) is 4.79 Å². The van der Waals surface area contributed by atoms with Crippen molar-refractivity contribution in [3.63, 3.8) is 0 Å². The predicted octanol–water partition coefficient (Wildman–Crippen LogP) is 3.72. The number of hydrogen-bond donors (Lipinski definition) is 1. The van der Waals surface area contributed by atoms with Gasteiger partial charge in [0.25, 0.3) is 0 Å². The van der Waals surface area contributed by atoms with E-state index in [-0.39, 0.29) is 6.04 Å². The van der Waals surface area contributed by atoms with Gasteiger partial charge in [-0.1, -0.05) is 48.6 Å².